The third-order valence-electron chi connectivity index (χ3n) is 6.68. The Kier molecular flexibility index (Phi) is 5.36. The second-order valence-electron chi connectivity index (χ2n) is 8.81. The summed E-state index contributed by atoms with van der Waals surface area (Å²) in [7, 11) is 4.09. The molecular weight excluding hydrogens is 388 g/mol. The van der Waals surface area contributed by atoms with Crippen LogP contribution in [0.2, 0.25) is 0 Å². The minimum Gasteiger partial charge on any atom is -0.373 e. The van der Waals surface area contributed by atoms with Crippen molar-refractivity contribution in [3.05, 3.63) is 53.1 Å². The van der Waals surface area contributed by atoms with Crippen molar-refractivity contribution in [2.24, 2.45) is 0 Å². The highest BCUT2D eigenvalue weighted by Gasteiger charge is 2.28. The molecule has 1 saturated heterocycles. The molecule has 2 aliphatic heterocycles. The van der Waals surface area contributed by atoms with Gasteiger partial charge in [0, 0.05) is 48.7 Å². The van der Waals surface area contributed by atoms with Crippen molar-refractivity contribution >= 4 is 22.6 Å². The molecule has 7 heteroatoms. The van der Waals surface area contributed by atoms with Gasteiger partial charge in [0.2, 0.25) is 5.91 Å². The van der Waals surface area contributed by atoms with Gasteiger partial charge >= 0.3 is 0 Å². The maximum absolute atomic E-state index is 13.1. The summed E-state index contributed by atoms with van der Waals surface area (Å²) in [6, 6.07) is 8.13. The van der Waals surface area contributed by atoms with E-state index < -0.39 is 0 Å². The first-order valence-corrected chi connectivity index (χ1v) is 11.2. The fourth-order valence-corrected chi connectivity index (χ4v) is 4.98. The minimum atomic E-state index is 0.152. The van der Waals surface area contributed by atoms with E-state index in [4.69, 9.17) is 9.97 Å². The van der Waals surface area contributed by atoms with E-state index in [0.717, 1.165) is 65.3 Å². The number of rotatable bonds is 4. The van der Waals surface area contributed by atoms with Crippen LogP contribution in [-0.2, 0) is 24.2 Å². The number of H-pyrrole nitrogens is 1. The average Bonchev–Trinajstić information content (AvgIpc) is 3.20. The number of nitrogens with one attached hydrogen (secondary N) is 2. The van der Waals surface area contributed by atoms with Crippen molar-refractivity contribution in [3.63, 3.8) is 0 Å². The summed E-state index contributed by atoms with van der Waals surface area (Å²) < 4.78 is 0. The second kappa shape index (κ2) is 8.30. The van der Waals surface area contributed by atoms with Crippen LogP contribution in [0.5, 0.6) is 0 Å². The summed E-state index contributed by atoms with van der Waals surface area (Å²) >= 11 is 0. The molecule has 2 aromatic heterocycles. The summed E-state index contributed by atoms with van der Waals surface area (Å²) in [4.78, 5) is 30.6. The molecule has 0 bridgehead atoms. The fourth-order valence-electron chi connectivity index (χ4n) is 4.98. The van der Waals surface area contributed by atoms with E-state index >= 15 is 0 Å². The molecule has 1 fully saturated rings. The first-order chi connectivity index (χ1) is 15.1. The molecule has 0 aliphatic carbocycles. The van der Waals surface area contributed by atoms with Crippen LogP contribution in [0.4, 0.5) is 5.82 Å². The Hall–Kier alpha value is -2.93. The van der Waals surface area contributed by atoms with E-state index in [-0.39, 0.29) is 5.91 Å². The maximum atomic E-state index is 13.1. The highest BCUT2D eigenvalue weighted by molar-refractivity contribution is 5.89. The molecule has 2 N–H and O–H groups in total. The summed E-state index contributed by atoms with van der Waals surface area (Å²) in [5.74, 6) is 2.35. The number of aromatic nitrogens is 3. The van der Waals surface area contributed by atoms with Gasteiger partial charge < -0.3 is 20.1 Å². The van der Waals surface area contributed by atoms with Gasteiger partial charge in [0.15, 0.2) is 0 Å². The SMILES string of the molecule is CNc1nc([C@@H]2CCCN(C)C2)nc2c1CCN(C(=O)Cc1c[nH]c3ccccc13)C2. The molecule has 0 unspecified atom stereocenters. The molecule has 1 atom stereocenters. The number of piperidine rings is 1. The zero-order chi connectivity index (χ0) is 21.4. The van der Waals surface area contributed by atoms with Crippen molar-refractivity contribution in [1.82, 2.24) is 24.8 Å². The van der Waals surface area contributed by atoms with Crippen LogP contribution < -0.4 is 5.32 Å². The monoisotopic (exact) mass is 418 g/mol. The third-order valence-corrected chi connectivity index (χ3v) is 6.68. The van der Waals surface area contributed by atoms with E-state index in [1.165, 1.54) is 6.42 Å². The normalized spacial score (nSPS) is 19.4. The number of amides is 1. The molecular formula is C24H30N6O. The van der Waals surface area contributed by atoms with Gasteiger partial charge in [-0.1, -0.05) is 18.2 Å². The van der Waals surface area contributed by atoms with Gasteiger partial charge in [0.25, 0.3) is 0 Å². The standard InChI is InChI=1S/C24H30N6O/c1-25-24-19-9-11-30(22(31)12-17-13-26-20-8-4-3-7-18(17)20)15-21(19)27-23(28-24)16-6-5-10-29(2)14-16/h3-4,7-8,13,16,26H,5-6,9-12,14-15H2,1-2H3,(H,25,27,28)/t16-/m1/s1. The van der Waals surface area contributed by atoms with Crippen LogP contribution >= 0.6 is 0 Å². The highest BCUT2D eigenvalue weighted by Crippen LogP contribution is 2.30. The summed E-state index contributed by atoms with van der Waals surface area (Å²) in [5, 5.41) is 4.40. The largest absolute Gasteiger partial charge is 0.373 e. The van der Waals surface area contributed by atoms with Crippen molar-refractivity contribution < 1.29 is 4.79 Å². The predicted octanol–water partition coefficient (Wildman–Crippen LogP) is 2.94. The molecule has 1 amide bonds. The molecule has 3 aromatic rings. The summed E-state index contributed by atoms with van der Waals surface area (Å²) in [6.45, 7) is 3.39. The Morgan fingerprint density at radius 3 is 2.97 bits per heavy atom. The highest BCUT2D eigenvalue weighted by atomic mass is 16.2. The number of nitrogens with zero attached hydrogens (tertiary/aromatic N) is 4. The van der Waals surface area contributed by atoms with Gasteiger partial charge in [-0.2, -0.15) is 0 Å². The number of anilines is 1. The zero-order valence-electron chi connectivity index (χ0n) is 18.3. The van der Waals surface area contributed by atoms with Crippen molar-refractivity contribution in [2.75, 3.05) is 39.0 Å². The van der Waals surface area contributed by atoms with Gasteiger partial charge in [0.1, 0.15) is 11.6 Å². The lowest BCUT2D eigenvalue weighted by Crippen LogP contribution is -2.38. The Morgan fingerprint density at radius 2 is 2.13 bits per heavy atom. The number of benzene rings is 1. The average molecular weight is 419 g/mol. The second-order valence-corrected chi connectivity index (χ2v) is 8.81. The number of carbonyl (C=O) groups is 1. The van der Waals surface area contributed by atoms with Gasteiger partial charge in [-0.25, -0.2) is 9.97 Å². The Labute approximate surface area is 182 Å². The van der Waals surface area contributed by atoms with Gasteiger partial charge in [-0.15, -0.1) is 0 Å². The Morgan fingerprint density at radius 1 is 1.26 bits per heavy atom. The quantitative estimate of drug-likeness (QED) is 0.681. The first kappa shape index (κ1) is 20.0. The zero-order valence-corrected chi connectivity index (χ0v) is 18.3. The smallest absolute Gasteiger partial charge is 0.227 e. The van der Waals surface area contributed by atoms with Gasteiger partial charge in [0.05, 0.1) is 18.7 Å². The Bertz CT molecular complexity index is 1110. The number of para-hydroxylation sites is 1. The Balaban J connectivity index is 1.37. The number of likely N-dealkylation sites (tertiary alicyclic amines) is 1. The number of hydrogen-bond acceptors (Lipinski definition) is 5. The molecule has 5 rings (SSSR count). The number of fused-ring (bicyclic) bond motifs is 2. The summed E-state index contributed by atoms with van der Waals surface area (Å²) in [5.41, 5.74) is 4.28. The van der Waals surface area contributed by atoms with Crippen molar-refractivity contribution in [3.8, 4) is 0 Å². The van der Waals surface area contributed by atoms with E-state index in [1.54, 1.807) is 0 Å². The summed E-state index contributed by atoms with van der Waals surface area (Å²) in [6.07, 6.45) is 5.44. The maximum Gasteiger partial charge on any atom is 0.227 e. The molecule has 7 nitrogen and oxygen atoms in total. The minimum absolute atomic E-state index is 0.152. The first-order valence-electron chi connectivity index (χ1n) is 11.2. The van der Waals surface area contributed by atoms with Crippen molar-refractivity contribution in [1.29, 1.82) is 0 Å². The van der Waals surface area contributed by atoms with E-state index in [2.05, 4.69) is 28.3 Å². The van der Waals surface area contributed by atoms with E-state index in [9.17, 15) is 4.79 Å². The van der Waals surface area contributed by atoms with Gasteiger partial charge in [-0.3, -0.25) is 4.79 Å². The van der Waals surface area contributed by atoms with Crippen LogP contribution in [0.3, 0.4) is 0 Å². The lowest BCUT2D eigenvalue weighted by atomic mass is 9.96. The number of likely N-dealkylation sites (N-methyl/N-ethyl adjacent to an activating group) is 1. The topological polar surface area (TPSA) is 77.2 Å². The van der Waals surface area contributed by atoms with Gasteiger partial charge in [-0.05, 0) is 44.5 Å². The molecule has 31 heavy (non-hydrogen) atoms. The lowest BCUT2D eigenvalue weighted by Gasteiger charge is -2.32. The molecule has 0 radical (unpaired) electrons. The molecule has 162 valence electrons. The third kappa shape index (κ3) is 3.90. The predicted molar refractivity (Wildman–Crippen MR) is 122 cm³/mol. The number of carbonyl (C=O) groups excluding carboxylic acids is 1. The van der Waals surface area contributed by atoms with Crippen LogP contribution in [0.25, 0.3) is 10.9 Å². The molecule has 1 aromatic carbocycles. The number of aromatic amines is 1. The lowest BCUT2D eigenvalue weighted by molar-refractivity contribution is -0.131. The molecule has 2 aliphatic rings. The van der Waals surface area contributed by atoms with Crippen molar-refractivity contribution in [2.45, 2.75) is 38.1 Å². The van der Waals surface area contributed by atoms with Crippen LogP contribution in [-0.4, -0.2) is 64.4 Å². The number of hydrogen-bond donors (Lipinski definition) is 2. The van der Waals surface area contributed by atoms with E-state index in [1.807, 2.05) is 36.3 Å². The fraction of sp³-hybridized carbons (Fsp3) is 0.458. The van der Waals surface area contributed by atoms with Crippen LogP contribution in [0, 0.1) is 0 Å². The molecule has 0 spiro atoms. The molecule has 0 saturated carbocycles. The van der Waals surface area contributed by atoms with E-state index in [0.29, 0.717) is 25.4 Å². The molecule has 4 heterocycles. The van der Waals surface area contributed by atoms with Crippen LogP contribution in [0.15, 0.2) is 30.5 Å². The van der Waals surface area contributed by atoms with Crippen LogP contribution in [0.1, 0.15) is 41.4 Å².